The Morgan fingerprint density at radius 2 is 2.05 bits per heavy atom. The van der Waals surface area contributed by atoms with E-state index < -0.39 is 15.9 Å². The number of nitrogens with two attached hydrogens (primary N) is 1. The number of anilines is 1. The molecule has 1 aromatic carbocycles. The molecule has 0 aliphatic carbocycles. The quantitative estimate of drug-likeness (QED) is 0.848. The maximum Gasteiger partial charge on any atom is 0.269 e. The molecule has 8 heteroatoms. The van der Waals surface area contributed by atoms with Crippen LogP contribution in [0.4, 0.5) is 5.69 Å². The maximum absolute atomic E-state index is 12.5. The number of nitrogen functional groups attached to an aromatic ring is 1. The van der Waals surface area contributed by atoms with Crippen LogP contribution in [0.5, 0.6) is 0 Å². The van der Waals surface area contributed by atoms with Crippen molar-refractivity contribution in [2.45, 2.75) is 11.4 Å². The number of benzene rings is 1. The number of aromatic nitrogens is 1. The summed E-state index contributed by atoms with van der Waals surface area (Å²) in [6.45, 7) is -0.142. The third-order valence-electron chi connectivity index (χ3n) is 3.20. The van der Waals surface area contributed by atoms with Gasteiger partial charge >= 0.3 is 0 Å². The molecule has 0 radical (unpaired) electrons. The molecule has 0 bridgehead atoms. The predicted octanol–water partition coefficient (Wildman–Crippen LogP) is 1.66. The largest absolute Gasteiger partial charge is 0.399 e. The van der Waals surface area contributed by atoms with E-state index in [1.165, 1.54) is 30.6 Å². The van der Waals surface area contributed by atoms with Crippen LogP contribution in [-0.2, 0) is 16.6 Å². The second kappa shape index (κ2) is 4.71. The van der Waals surface area contributed by atoms with Crippen molar-refractivity contribution < 1.29 is 13.2 Å². The number of nitrogens with zero attached hydrogens (tertiary/aromatic N) is 2. The number of carbonyl (C=O) groups excluding carboxylic acids is 1. The van der Waals surface area contributed by atoms with Gasteiger partial charge in [0, 0.05) is 18.1 Å². The summed E-state index contributed by atoms with van der Waals surface area (Å²) in [5.74, 6) is -0.585. The average molecular weight is 324 g/mol. The topological polar surface area (TPSA) is 93.4 Å². The standard InChI is InChI=1S/C13H10ClN3O3S/c14-11-6-16-4-3-8(11)7-17-13(18)10-2-1-9(15)5-12(10)21(17,19)20/h1-6H,7,15H2. The number of pyridine rings is 1. The molecule has 0 atom stereocenters. The van der Waals surface area contributed by atoms with Crippen LogP contribution in [-0.4, -0.2) is 23.6 Å². The van der Waals surface area contributed by atoms with Crippen molar-refractivity contribution in [3.05, 3.63) is 52.8 Å². The minimum Gasteiger partial charge on any atom is -0.399 e. The zero-order chi connectivity index (χ0) is 15.2. The molecule has 6 nitrogen and oxygen atoms in total. The lowest BCUT2D eigenvalue weighted by Crippen LogP contribution is -2.29. The van der Waals surface area contributed by atoms with Gasteiger partial charge < -0.3 is 5.73 Å². The molecule has 108 valence electrons. The first-order chi connectivity index (χ1) is 9.91. The molecular weight excluding hydrogens is 314 g/mol. The molecule has 2 N–H and O–H groups in total. The van der Waals surface area contributed by atoms with Crippen molar-refractivity contribution >= 4 is 33.2 Å². The van der Waals surface area contributed by atoms with Crippen LogP contribution < -0.4 is 5.73 Å². The molecule has 1 aliphatic rings. The van der Waals surface area contributed by atoms with Gasteiger partial charge in [0.15, 0.2) is 0 Å². The number of carbonyl (C=O) groups is 1. The number of fused-ring (bicyclic) bond motifs is 1. The van der Waals surface area contributed by atoms with E-state index in [0.717, 1.165) is 4.31 Å². The zero-order valence-corrected chi connectivity index (χ0v) is 12.2. The van der Waals surface area contributed by atoms with Crippen LogP contribution >= 0.6 is 11.6 Å². The van der Waals surface area contributed by atoms with Crippen molar-refractivity contribution in [1.29, 1.82) is 0 Å². The first-order valence-corrected chi connectivity index (χ1v) is 7.78. The van der Waals surface area contributed by atoms with E-state index in [2.05, 4.69) is 4.98 Å². The van der Waals surface area contributed by atoms with Crippen molar-refractivity contribution in [2.75, 3.05) is 5.73 Å². The van der Waals surface area contributed by atoms with E-state index >= 15 is 0 Å². The van der Waals surface area contributed by atoms with Crippen LogP contribution in [0.15, 0.2) is 41.6 Å². The minimum absolute atomic E-state index is 0.0716. The van der Waals surface area contributed by atoms with Gasteiger partial charge in [-0.3, -0.25) is 9.78 Å². The molecule has 1 aromatic heterocycles. The van der Waals surface area contributed by atoms with Gasteiger partial charge in [0.05, 0.1) is 17.1 Å². The Bertz CT molecular complexity index is 851. The monoisotopic (exact) mass is 323 g/mol. The summed E-state index contributed by atoms with van der Waals surface area (Å²) in [5, 5.41) is 0.302. The molecule has 3 rings (SSSR count). The van der Waals surface area contributed by atoms with Gasteiger partial charge in [-0.25, -0.2) is 12.7 Å². The smallest absolute Gasteiger partial charge is 0.269 e. The summed E-state index contributed by atoms with van der Waals surface area (Å²) in [6, 6.07) is 5.77. The average Bonchev–Trinajstić information content (AvgIpc) is 2.62. The fourth-order valence-corrected chi connectivity index (χ4v) is 3.90. The molecule has 0 saturated carbocycles. The highest BCUT2D eigenvalue weighted by Gasteiger charge is 2.41. The van der Waals surface area contributed by atoms with E-state index in [1.54, 1.807) is 6.07 Å². The van der Waals surface area contributed by atoms with Gasteiger partial charge in [-0.15, -0.1) is 0 Å². The number of sulfonamides is 1. The fourth-order valence-electron chi connectivity index (χ4n) is 2.13. The van der Waals surface area contributed by atoms with E-state index in [0.29, 0.717) is 10.6 Å². The van der Waals surface area contributed by atoms with Crippen LogP contribution in [0.3, 0.4) is 0 Å². The summed E-state index contributed by atoms with van der Waals surface area (Å²) in [7, 11) is -3.91. The Balaban J connectivity index is 2.07. The molecule has 0 spiro atoms. The first-order valence-electron chi connectivity index (χ1n) is 5.96. The minimum atomic E-state index is -3.91. The Morgan fingerprint density at radius 1 is 1.29 bits per heavy atom. The second-order valence-electron chi connectivity index (χ2n) is 4.54. The predicted molar refractivity (Wildman–Crippen MR) is 77.2 cm³/mol. The van der Waals surface area contributed by atoms with E-state index in [4.69, 9.17) is 17.3 Å². The highest BCUT2D eigenvalue weighted by molar-refractivity contribution is 7.90. The van der Waals surface area contributed by atoms with Gasteiger partial charge in [0.1, 0.15) is 4.90 Å². The van der Waals surface area contributed by atoms with Crippen LogP contribution in [0, 0.1) is 0 Å². The van der Waals surface area contributed by atoms with Crippen LogP contribution in [0.2, 0.25) is 5.02 Å². The molecule has 0 unspecified atom stereocenters. The SMILES string of the molecule is Nc1ccc2c(c1)S(=O)(=O)N(Cc1ccncc1Cl)C2=O. The number of halogens is 1. The Kier molecular flexibility index (Phi) is 3.11. The lowest BCUT2D eigenvalue weighted by molar-refractivity contribution is 0.0865. The molecule has 1 amide bonds. The molecule has 1 aliphatic heterocycles. The second-order valence-corrected chi connectivity index (χ2v) is 6.78. The lowest BCUT2D eigenvalue weighted by atomic mass is 10.2. The maximum atomic E-state index is 12.5. The van der Waals surface area contributed by atoms with Gasteiger partial charge in [0.25, 0.3) is 15.9 Å². The van der Waals surface area contributed by atoms with Crippen molar-refractivity contribution in [1.82, 2.24) is 9.29 Å². The van der Waals surface area contributed by atoms with Crippen molar-refractivity contribution in [3.63, 3.8) is 0 Å². The van der Waals surface area contributed by atoms with Gasteiger partial charge in [-0.2, -0.15) is 0 Å². The summed E-state index contributed by atoms with van der Waals surface area (Å²) >= 11 is 5.96. The lowest BCUT2D eigenvalue weighted by Gasteiger charge is -2.15. The molecular formula is C13H10ClN3O3S. The number of rotatable bonds is 2. The molecule has 0 fully saturated rings. The zero-order valence-electron chi connectivity index (χ0n) is 10.7. The molecule has 2 aromatic rings. The van der Waals surface area contributed by atoms with Crippen LogP contribution in [0.25, 0.3) is 0 Å². The Hall–Kier alpha value is -2.12. The third kappa shape index (κ3) is 2.14. The van der Waals surface area contributed by atoms with Gasteiger partial charge in [0.2, 0.25) is 0 Å². The van der Waals surface area contributed by atoms with Crippen molar-refractivity contribution in [2.24, 2.45) is 0 Å². The summed E-state index contributed by atoms with van der Waals surface area (Å²) < 4.78 is 25.7. The fraction of sp³-hybridized carbons (Fsp3) is 0.0769. The first kappa shape index (κ1) is 13.8. The highest BCUT2D eigenvalue weighted by atomic mass is 35.5. The van der Waals surface area contributed by atoms with Gasteiger partial charge in [-0.05, 0) is 29.8 Å². The van der Waals surface area contributed by atoms with E-state index in [9.17, 15) is 13.2 Å². The molecule has 2 heterocycles. The number of hydrogen-bond acceptors (Lipinski definition) is 5. The van der Waals surface area contributed by atoms with Crippen molar-refractivity contribution in [3.8, 4) is 0 Å². The number of amides is 1. The summed E-state index contributed by atoms with van der Waals surface area (Å²) in [4.78, 5) is 16.0. The van der Waals surface area contributed by atoms with E-state index in [1.807, 2.05) is 0 Å². The Labute approximate surface area is 126 Å². The summed E-state index contributed by atoms with van der Waals surface area (Å²) in [6.07, 6.45) is 2.88. The van der Waals surface area contributed by atoms with Crippen LogP contribution in [0.1, 0.15) is 15.9 Å². The normalized spacial score (nSPS) is 16.0. The van der Waals surface area contributed by atoms with Gasteiger partial charge in [-0.1, -0.05) is 11.6 Å². The number of hydrogen-bond donors (Lipinski definition) is 1. The molecule has 21 heavy (non-hydrogen) atoms. The molecule has 0 saturated heterocycles. The van der Waals surface area contributed by atoms with E-state index in [-0.39, 0.29) is 22.7 Å². The third-order valence-corrected chi connectivity index (χ3v) is 5.31. The Morgan fingerprint density at radius 3 is 2.76 bits per heavy atom. The highest BCUT2D eigenvalue weighted by Crippen LogP contribution is 2.33. The summed E-state index contributed by atoms with van der Waals surface area (Å²) in [5.41, 5.74) is 6.51.